The minimum Gasteiger partial charge on any atom is -0.478 e. The van der Waals surface area contributed by atoms with Gasteiger partial charge in [-0.05, 0) is 42.9 Å². The molecule has 0 aliphatic heterocycles. The van der Waals surface area contributed by atoms with Gasteiger partial charge >= 0.3 is 5.97 Å². The summed E-state index contributed by atoms with van der Waals surface area (Å²) in [5.74, 6) is -1.29. The van der Waals surface area contributed by atoms with Gasteiger partial charge in [-0.25, -0.2) is 9.78 Å². The number of carboxylic acids is 1. The molecule has 1 saturated carbocycles. The highest BCUT2D eigenvalue weighted by Crippen LogP contribution is 2.43. The summed E-state index contributed by atoms with van der Waals surface area (Å²) in [4.78, 5) is 27.4. The standard InChI is InChI=1S/C19H20N2O3/c1-12-15(18(23)24)8-9-16(20-12)17(22)21-14-10-19(2,11-14)13-6-4-3-5-7-13/h3-9,14H,10-11H2,1-2H3,(H,21,22)(H,23,24). The molecule has 1 aromatic carbocycles. The van der Waals surface area contributed by atoms with Crippen LogP contribution in [0.4, 0.5) is 0 Å². The summed E-state index contributed by atoms with van der Waals surface area (Å²) < 4.78 is 0. The molecule has 24 heavy (non-hydrogen) atoms. The molecule has 1 amide bonds. The van der Waals surface area contributed by atoms with E-state index in [4.69, 9.17) is 5.11 Å². The summed E-state index contributed by atoms with van der Waals surface area (Å²) in [5.41, 5.74) is 2.10. The third-order valence-electron chi connectivity index (χ3n) is 4.75. The van der Waals surface area contributed by atoms with Crippen LogP contribution in [0.5, 0.6) is 0 Å². The topological polar surface area (TPSA) is 79.3 Å². The van der Waals surface area contributed by atoms with Crippen molar-refractivity contribution in [2.75, 3.05) is 0 Å². The highest BCUT2D eigenvalue weighted by atomic mass is 16.4. The van der Waals surface area contributed by atoms with Crippen molar-refractivity contribution in [1.82, 2.24) is 10.3 Å². The number of pyridine rings is 1. The van der Waals surface area contributed by atoms with Crippen LogP contribution in [0.3, 0.4) is 0 Å². The first-order valence-electron chi connectivity index (χ1n) is 7.96. The van der Waals surface area contributed by atoms with Gasteiger partial charge in [-0.3, -0.25) is 4.79 Å². The number of benzene rings is 1. The van der Waals surface area contributed by atoms with Gasteiger partial charge < -0.3 is 10.4 Å². The smallest absolute Gasteiger partial charge is 0.337 e. The fraction of sp³-hybridized carbons (Fsp3) is 0.316. The Morgan fingerprint density at radius 2 is 1.83 bits per heavy atom. The van der Waals surface area contributed by atoms with Crippen LogP contribution in [0.15, 0.2) is 42.5 Å². The predicted octanol–water partition coefficient (Wildman–Crippen LogP) is 2.94. The first kappa shape index (κ1) is 16.2. The zero-order chi connectivity index (χ0) is 17.3. The third kappa shape index (κ3) is 3.02. The number of hydrogen-bond donors (Lipinski definition) is 2. The molecule has 2 N–H and O–H groups in total. The molecule has 0 saturated heterocycles. The number of carboxylic acid groups (broad SMARTS) is 1. The Morgan fingerprint density at radius 1 is 1.17 bits per heavy atom. The van der Waals surface area contributed by atoms with E-state index in [9.17, 15) is 9.59 Å². The number of carbonyl (C=O) groups is 2. The normalized spacial score (nSPS) is 22.5. The van der Waals surface area contributed by atoms with Crippen molar-refractivity contribution in [1.29, 1.82) is 0 Å². The number of nitrogens with zero attached hydrogens (tertiary/aromatic N) is 1. The molecule has 0 spiro atoms. The van der Waals surface area contributed by atoms with E-state index in [1.807, 2.05) is 18.2 Å². The van der Waals surface area contributed by atoms with Gasteiger partial charge in [0.1, 0.15) is 5.69 Å². The molecule has 0 unspecified atom stereocenters. The summed E-state index contributed by atoms with van der Waals surface area (Å²) in [6.07, 6.45) is 1.77. The Balaban J connectivity index is 1.63. The molecule has 1 fully saturated rings. The summed E-state index contributed by atoms with van der Waals surface area (Å²) in [6, 6.07) is 13.3. The van der Waals surface area contributed by atoms with Crippen LogP contribution >= 0.6 is 0 Å². The lowest BCUT2D eigenvalue weighted by Gasteiger charge is -2.46. The second kappa shape index (κ2) is 6.07. The van der Waals surface area contributed by atoms with E-state index < -0.39 is 5.97 Å². The van der Waals surface area contributed by atoms with Crippen molar-refractivity contribution < 1.29 is 14.7 Å². The number of rotatable bonds is 4. The van der Waals surface area contributed by atoms with Crippen molar-refractivity contribution in [3.63, 3.8) is 0 Å². The number of aromatic nitrogens is 1. The maximum atomic E-state index is 12.3. The Hall–Kier alpha value is -2.69. The number of aryl methyl sites for hydroxylation is 1. The molecule has 0 bridgehead atoms. The average Bonchev–Trinajstić information content (AvgIpc) is 2.53. The van der Waals surface area contributed by atoms with Gasteiger partial charge in [-0.2, -0.15) is 0 Å². The Bertz CT molecular complexity index is 780. The van der Waals surface area contributed by atoms with E-state index in [1.54, 1.807) is 6.92 Å². The van der Waals surface area contributed by atoms with Crippen LogP contribution in [0, 0.1) is 6.92 Å². The first-order chi connectivity index (χ1) is 11.4. The molecule has 5 heteroatoms. The maximum absolute atomic E-state index is 12.3. The Morgan fingerprint density at radius 3 is 2.42 bits per heavy atom. The molecular formula is C19H20N2O3. The second-order valence-corrected chi connectivity index (χ2v) is 6.64. The SMILES string of the molecule is Cc1nc(C(=O)NC2CC(C)(c3ccccc3)C2)ccc1C(=O)O. The quantitative estimate of drug-likeness (QED) is 0.906. The van der Waals surface area contributed by atoms with E-state index in [-0.39, 0.29) is 28.6 Å². The third-order valence-corrected chi connectivity index (χ3v) is 4.75. The van der Waals surface area contributed by atoms with Crippen molar-refractivity contribution in [2.45, 2.75) is 38.1 Å². The van der Waals surface area contributed by atoms with Crippen LogP contribution in [0.2, 0.25) is 0 Å². The largest absolute Gasteiger partial charge is 0.478 e. The number of nitrogens with one attached hydrogen (secondary N) is 1. The van der Waals surface area contributed by atoms with Gasteiger partial charge in [0.25, 0.3) is 5.91 Å². The summed E-state index contributed by atoms with van der Waals surface area (Å²) in [7, 11) is 0. The lowest BCUT2D eigenvalue weighted by atomic mass is 9.63. The molecule has 124 valence electrons. The summed E-state index contributed by atoms with van der Waals surface area (Å²) in [6.45, 7) is 3.80. The molecule has 1 heterocycles. The zero-order valence-corrected chi connectivity index (χ0v) is 13.7. The van der Waals surface area contributed by atoms with Gasteiger partial charge in [-0.1, -0.05) is 37.3 Å². The Kier molecular flexibility index (Phi) is 4.09. The van der Waals surface area contributed by atoms with Crippen molar-refractivity contribution in [2.24, 2.45) is 0 Å². The second-order valence-electron chi connectivity index (χ2n) is 6.64. The highest BCUT2D eigenvalue weighted by Gasteiger charge is 2.42. The van der Waals surface area contributed by atoms with E-state index in [0.717, 1.165) is 12.8 Å². The summed E-state index contributed by atoms with van der Waals surface area (Å²) >= 11 is 0. The van der Waals surface area contributed by atoms with Crippen LogP contribution in [0.1, 0.15) is 51.9 Å². The monoisotopic (exact) mass is 324 g/mol. The van der Waals surface area contributed by atoms with E-state index in [0.29, 0.717) is 5.69 Å². The molecule has 1 aliphatic carbocycles. The van der Waals surface area contributed by atoms with Crippen molar-refractivity contribution >= 4 is 11.9 Å². The van der Waals surface area contributed by atoms with E-state index >= 15 is 0 Å². The van der Waals surface area contributed by atoms with E-state index in [1.165, 1.54) is 17.7 Å². The van der Waals surface area contributed by atoms with Crippen LogP contribution in [-0.4, -0.2) is 28.0 Å². The zero-order valence-electron chi connectivity index (χ0n) is 13.7. The number of aromatic carboxylic acids is 1. The fourth-order valence-corrected chi connectivity index (χ4v) is 3.38. The van der Waals surface area contributed by atoms with Gasteiger partial charge in [0.2, 0.25) is 0 Å². The molecule has 0 radical (unpaired) electrons. The highest BCUT2D eigenvalue weighted by molar-refractivity contribution is 5.94. The molecule has 1 aliphatic rings. The minimum atomic E-state index is -1.04. The van der Waals surface area contributed by atoms with Crippen LogP contribution in [0.25, 0.3) is 0 Å². The van der Waals surface area contributed by atoms with Gasteiger partial charge in [0.15, 0.2) is 0 Å². The molecule has 5 nitrogen and oxygen atoms in total. The maximum Gasteiger partial charge on any atom is 0.337 e. The van der Waals surface area contributed by atoms with Gasteiger partial charge in [-0.15, -0.1) is 0 Å². The summed E-state index contributed by atoms with van der Waals surface area (Å²) in [5, 5.41) is 12.0. The van der Waals surface area contributed by atoms with Crippen molar-refractivity contribution in [3.8, 4) is 0 Å². The number of hydrogen-bond acceptors (Lipinski definition) is 3. The molecule has 2 aromatic rings. The van der Waals surface area contributed by atoms with E-state index in [2.05, 4.69) is 29.4 Å². The molecular weight excluding hydrogens is 304 g/mol. The number of amides is 1. The average molecular weight is 324 g/mol. The lowest BCUT2D eigenvalue weighted by Crippen LogP contribution is -2.51. The predicted molar refractivity (Wildman–Crippen MR) is 90.2 cm³/mol. The van der Waals surface area contributed by atoms with Crippen LogP contribution < -0.4 is 5.32 Å². The van der Waals surface area contributed by atoms with Gasteiger partial charge in [0, 0.05) is 6.04 Å². The minimum absolute atomic E-state index is 0.0930. The lowest BCUT2D eigenvalue weighted by molar-refractivity contribution is 0.0694. The molecule has 3 rings (SSSR count). The molecule has 0 atom stereocenters. The Labute approximate surface area is 140 Å². The number of carbonyl (C=O) groups excluding carboxylic acids is 1. The van der Waals surface area contributed by atoms with Crippen LogP contribution in [-0.2, 0) is 5.41 Å². The molecule has 1 aromatic heterocycles. The van der Waals surface area contributed by atoms with Crippen molar-refractivity contribution in [3.05, 3.63) is 65.0 Å². The fourth-order valence-electron chi connectivity index (χ4n) is 3.38. The first-order valence-corrected chi connectivity index (χ1v) is 7.96. The van der Waals surface area contributed by atoms with Gasteiger partial charge in [0.05, 0.1) is 11.3 Å².